The Morgan fingerprint density at radius 3 is 2.75 bits per heavy atom. The summed E-state index contributed by atoms with van der Waals surface area (Å²) in [5.74, 6) is 0.114. The van der Waals surface area contributed by atoms with Crippen molar-refractivity contribution >= 4 is 9.84 Å². The molecule has 90 valence electrons. The highest BCUT2D eigenvalue weighted by Crippen LogP contribution is 2.20. The molecule has 0 fully saturated rings. The molecule has 0 bridgehead atoms. The number of rotatable bonds is 5. The number of aromatic nitrogens is 1. The van der Waals surface area contributed by atoms with Gasteiger partial charge in [0.2, 0.25) is 0 Å². The van der Waals surface area contributed by atoms with Crippen molar-refractivity contribution in [2.45, 2.75) is 25.9 Å². The summed E-state index contributed by atoms with van der Waals surface area (Å²) in [5, 5.41) is 9.86. The van der Waals surface area contributed by atoms with E-state index >= 15 is 0 Å². The topological polar surface area (TPSA) is 67.3 Å². The third kappa shape index (κ3) is 4.28. The molecule has 0 saturated carbocycles. The highest BCUT2D eigenvalue weighted by molar-refractivity contribution is 7.90. The molecule has 0 amide bonds. The Hall–Kier alpha value is -0.940. The van der Waals surface area contributed by atoms with E-state index in [9.17, 15) is 13.5 Å². The molecule has 1 aromatic rings. The number of pyridine rings is 1. The van der Waals surface area contributed by atoms with Crippen LogP contribution in [0.3, 0.4) is 0 Å². The lowest BCUT2D eigenvalue weighted by Gasteiger charge is -2.12. The van der Waals surface area contributed by atoms with Gasteiger partial charge in [-0.25, -0.2) is 8.42 Å². The highest BCUT2D eigenvalue weighted by Gasteiger charge is 2.11. The minimum atomic E-state index is -2.94. The number of hydrogen-bond acceptors (Lipinski definition) is 4. The summed E-state index contributed by atoms with van der Waals surface area (Å²) >= 11 is 0. The molecular weight excluding hydrogens is 226 g/mol. The predicted octanol–water partition coefficient (Wildman–Crippen LogP) is 1.25. The summed E-state index contributed by atoms with van der Waals surface area (Å²) < 4.78 is 21.8. The SMILES string of the molecule is Cc1ccncc1C(O)CCCS(C)(=O)=O. The molecule has 1 rings (SSSR count). The van der Waals surface area contributed by atoms with Crippen LogP contribution in [-0.2, 0) is 9.84 Å². The first-order valence-corrected chi connectivity index (χ1v) is 7.22. The lowest BCUT2D eigenvalue weighted by Crippen LogP contribution is -2.06. The first-order valence-electron chi connectivity index (χ1n) is 5.16. The standard InChI is InChI=1S/C11H17NO3S/c1-9-5-6-12-8-10(9)11(13)4-3-7-16(2,14)15/h5-6,8,11,13H,3-4,7H2,1-2H3. The molecule has 0 aliphatic heterocycles. The van der Waals surface area contributed by atoms with E-state index in [4.69, 9.17) is 0 Å². The van der Waals surface area contributed by atoms with Crippen LogP contribution in [0.4, 0.5) is 0 Å². The largest absolute Gasteiger partial charge is 0.388 e. The zero-order valence-corrected chi connectivity index (χ0v) is 10.4. The van der Waals surface area contributed by atoms with Crippen molar-refractivity contribution in [3.05, 3.63) is 29.6 Å². The molecule has 0 aromatic carbocycles. The van der Waals surface area contributed by atoms with Crippen molar-refractivity contribution in [3.63, 3.8) is 0 Å². The number of sulfone groups is 1. The van der Waals surface area contributed by atoms with Crippen LogP contribution in [0.15, 0.2) is 18.5 Å². The van der Waals surface area contributed by atoms with Crippen LogP contribution in [0.1, 0.15) is 30.1 Å². The molecule has 16 heavy (non-hydrogen) atoms. The molecule has 1 unspecified atom stereocenters. The number of hydrogen-bond donors (Lipinski definition) is 1. The minimum Gasteiger partial charge on any atom is -0.388 e. The fourth-order valence-electron chi connectivity index (χ4n) is 1.52. The zero-order chi connectivity index (χ0) is 12.2. The smallest absolute Gasteiger partial charge is 0.147 e. The molecule has 1 N–H and O–H groups in total. The van der Waals surface area contributed by atoms with E-state index in [2.05, 4.69) is 4.98 Å². The quantitative estimate of drug-likeness (QED) is 0.845. The Kier molecular flexibility index (Phi) is 4.44. The Labute approximate surface area is 96.3 Å². The van der Waals surface area contributed by atoms with E-state index in [1.807, 2.05) is 13.0 Å². The molecule has 1 atom stereocenters. The van der Waals surface area contributed by atoms with E-state index in [0.29, 0.717) is 12.8 Å². The van der Waals surface area contributed by atoms with Crippen molar-refractivity contribution < 1.29 is 13.5 Å². The second-order valence-electron chi connectivity index (χ2n) is 4.02. The Morgan fingerprint density at radius 1 is 1.50 bits per heavy atom. The molecule has 1 aromatic heterocycles. The Bertz CT molecular complexity index is 442. The van der Waals surface area contributed by atoms with Crippen LogP contribution < -0.4 is 0 Å². The lowest BCUT2D eigenvalue weighted by molar-refractivity contribution is 0.165. The first kappa shape index (κ1) is 13.1. The number of aliphatic hydroxyl groups is 1. The molecule has 0 spiro atoms. The van der Waals surface area contributed by atoms with Gasteiger partial charge in [-0.3, -0.25) is 4.98 Å². The number of nitrogens with zero attached hydrogens (tertiary/aromatic N) is 1. The van der Waals surface area contributed by atoms with Crippen molar-refractivity contribution in [1.29, 1.82) is 0 Å². The van der Waals surface area contributed by atoms with Crippen molar-refractivity contribution in [2.75, 3.05) is 12.0 Å². The van der Waals surface area contributed by atoms with E-state index in [0.717, 1.165) is 11.1 Å². The maximum atomic E-state index is 10.9. The second-order valence-corrected chi connectivity index (χ2v) is 6.28. The minimum absolute atomic E-state index is 0.114. The summed E-state index contributed by atoms with van der Waals surface area (Å²) in [7, 11) is -2.94. The van der Waals surface area contributed by atoms with Gasteiger partial charge in [-0.1, -0.05) is 0 Å². The molecule has 4 nitrogen and oxygen atoms in total. The van der Waals surface area contributed by atoms with Crippen molar-refractivity contribution in [2.24, 2.45) is 0 Å². The van der Waals surface area contributed by atoms with Gasteiger partial charge in [-0.15, -0.1) is 0 Å². The Morgan fingerprint density at radius 2 is 2.19 bits per heavy atom. The van der Waals surface area contributed by atoms with Crippen LogP contribution in [-0.4, -0.2) is 30.5 Å². The van der Waals surface area contributed by atoms with Crippen LogP contribution in [0, 0.1) is 6.92 Å². The summed E-state index contributed by atoms with van der Waals surface area (Å²) in [5.41, 5.74) is 1.75. The molecular formula is C11H17NO3S. The van der Waals surface area contributed by atoms with Gasteiger partial charge in [0.1, 0.15) is 9.84 Å². The van der Waals surface area contributed by atoms with Crippen molar-refractivity contribution in [1.82, 2.24) is 4.98 Å². The third-order valence-electron chi connectivity index (χ3n) is 2.43. The maximum Gasteiger partial charge on any atom is 0.147 e. The number of aryl methyl sites for hydroxylation is 1. The van der Waals surface area contributed by atoms with Crippen molar-refractivity contribution in [3.8, 4) is 0 Å². The molecule has 0 aliphatic rings. The average molecular weight is 243 g/mol. The summed E-state index contributed by atoms with van der Waals surface area (Å²) in [4.78, 5) is 3.95. The molecule has 5 heteroatoms. The molecule has 0 aliphatic carbocycles. The summed E-state index contributed by atoms with van der Waals surface area (Å²) in [6.07, 6.45) is 4.78. The first-order chi connectivity index (χ1) is 7.40. The maximum absolute atomic E-state index is 10.9. The monoisotopic (exact) mass is 243 g/mol. The van der Waals surface area contributed by atoms with Gasteiger partial charge >= 0.3 is 0 Å². The average Bonchev–Trinajstić information content (AvgIpc) is 2.16. The van der Waals surface area contributed by atoms with Gasteiger partial charge in [0.15, 0.2) is 0 Å². The summed E-state index contributed by atoms with van der Waals surface area (Å²) in [6, 6.07) is 1.83. The fraction of sp³-hybridized carbons (Fsp3) is 0.545. The lowest BCUT2D eigenvalue weighted by atomic mass is 10.0. The summed E-state index contributed by atoms with van der Waals surface area (Å²) in [6.45, 7) is 1.90. The van der Waals surface area contributed by atoms with Crippen LogP contribution in [0.2, 0.25) is 0 Å². The Balaban J connectivity index is 2.54. The third-order valence-corrected chi connectivity index (χ3v) is 3.46. The fourth-order valence-corrected chi connectivity index (χ4v) is 2.21. The van der Waals surface area contributed by atoms with Gasteiger partial charge in [-0.05, 0) is 31.4 Å². The van der Waals surface area contributed by atoms with Gasteiger partial charge in [0.25, 0.3) is 0 Å². The van der Waals surface area contributed by atoms with E-state index in [1.165, 1.54) is 6.26 Å². The predicted molar refractivity (Wildman–Crippen MR) is 62.9 cm³/mol. The molecule has 1 heterocycles. The van der Waals surface area contributed by atoms with Gasteiger partial charge in [0, 0.05) is 30.0 Å². The van der Waals surface area contributed by atoms with Crippen LogP contribution in [0.25, 0.3) is 0 Å². The highest BCUT2D eigenvalue weighted by atomic mass is 32.2. The molecule has 0 radical (unpaired) electrons. The van der Waals surface area contributed by atoms with Crippen LogP contribution >= 0.6 is 0 Å². The van der Waals surface area contributed by atoms with E-state index in [-0.39, 0.29) is 5.75 Å². The van der Waals surface area contributed by atoms with Gasteiger partial charge in [-0.2, -0.15) is 0 Å². The van der Waals surface area contributed by atoms with Gasteiger partial charge in [0.05, 0.1) is 6.10 Å². The zero-order valence-electron chi connectivity index (χ0n) is 9.55. The van der Waals surface area contributed by atoms with E-state index < -0.39 is 15.9 Å². The van der Waals surface area contributed by atoms with Crippen LogP contribution in [0.5, 0.6) is 0 Å². The van der Waals surface area contributed by atoms with E-state index in [1.54, 1.807) is 12.4 Å². The second kappa shape index (κ2) is 5.41. The normalized spacial score (nSPS) is 13.7. The molecule has 0 saturated heterocycles. The van der Waals surface area contributed by atoms with Gasteiger partial charge < -0.3 is 5.11 Å². The number of aliphatic hydroxyl groups excluding tert-OH is 1.